The third-order valence-corrected chi connectivity index (χ3v) is 13.1. The Morgan fingerprint density at radius 1 is 0.417 bits per heavy atom. The predicted molar refractivity (Wildman–Crippen MR) is 221 cm³/mol. The van der Waals surface area contributed by atoms with E-state index in [9.17, 15) is 96.4 Å². The van der Waals surface area contributed by atoms with Gasteiger partial charge in [-0.1, -0.05) is 0 Å². The van der Waals surface area contributed by atoms with Crippen LogP contribution in [-0.2, 0) is 61.7 Å². The zero-order valence-corrected chi connectivity index (χ0v) is 38.6. The lowest BCUT2D eigenvalue weighted by molar-refractivity contribution is -0.379. The van der Waals surface area contributed by atoms with Crippen LogP contribution in [0.1, 0.15) is 20.3 Å². The molecule has 2 amide bonds. The fourth-order valence-corrected chi connectivity index (χ4v) is 9.20. The molecule has 32 nitrogen and oxygen atoms in total. The second kappa shape index (κ2) is 25.8. The lowest BCUT2D eigenvalue weighted by Crippen LogP contribution is -2.70. The van der Waals surface area contributed by atoms with Crippen LogP contribution in [0.3, 0.4) is 0 Å². The highest BCUT2D eigenvalue weighted by Gasteiger charge is 2.56. The first-order chi connectivity index (χ1) is 34.1. The Bertz CT molecular complexity index is 1710. The number of nitrogens with one attached hydrogen (secondary N) is 2. The first-order valence-corrected chi connectivity index (χ1v) is 23.0. The summed E-state index contributed by atoms with van der Waals surface area (Å²) in [5, 5.41) is 185. The van der Waals surface area contributed by atoms with Gasteiger partial charge in [-0.3, -0.25) is 9.59 Å². The molecule has 0 aromatic carbocycles. The molecule has 418 valence electrons. The Morgan fingerprint density at radius 2 is 0.861 bits per heavy atom. The van der Waals surface area contributed by atoms with Crippen molar-refractivity contribution in [2.24, 2.45) is 0 Å². The minimum absolute atomic E-state index is 0.594. The van der Waals surface area contributed by atoms with Gasteiger partial charge in [-0.2, -0.15) is 0 Å². The fraction of sp³-hybridized carbons (Fsp3) is 0.950. The van der Waals surface area contributed by atoms with E-state index in [1.54, 1.807) is 0 Å². The highest BCUT2D eigenvalue weighted by molar-refractivity contribution is 5.73. The molecule has 0 aromatic heterocycles. The number of carbonyl (C=O) groups excluding carboxylic acids is 2. The van der Waals surface area contributed by atoms with E-state index in [1.165, 1.54) is 0 Å². The van der Waals surface area contributed by atoms with Crippen LogP contribution in [0.4, 0.5) is 0 Å². The van der Waals surface area contributed by atoms with Gasteiger partial charge in [0.1, 0.15) is 134 Å². The van der Waals surface area contributed by atoms with Gasteiger partial charge in [0.25, 0.3) is 0 Å². The molecule has 0 unspecified atom stereocenters. The maximum Gasteiger partial charge on any atom is 0.217 e. The van der Waals surface area contributed by atoms with Crippen molar-refractivity contribution in [3.8, 4) is 0 Å². The van der Waals surface area contributed by atoms with Gasteiger partial charge in [0, 0.05) is 20.3 Å². The zero-order valence-electron chi connectivity index (χ0n) is 38.6. The maximum absolute atomic E-state index is 12.5. The van der Waals surface area contributed by atoms with Crippen molar-refractivity contribution in [3.63, 3.8) is 0 Å². The molecule has 0 spiro atoms. The predicted octanol–water partition coefficient (Wildman–Crippen LogP) is -12.8. The molecule has 0 aliphatic carbocycles. The zero-order chi connectivity index (χ0) is 53.0. The topological polar surface area (TPSA) is 504 Å². The number of hydrogen-bond donors (Lipinski definition) is 19. The summed E-state index contributed by atoms with van der Waals surface area (Å²) in [6.07, 6.45) is -49.0. The fourth-order valence-electron chi connectivity index (χ4n) is 9.20. The lowest BCUT2D eigenvalue weighted by Gasteiger charge is -2.50. The van der Waals surface area contributed by atoms with E-state index in [-0.39, 0.29) is 0 Å². The van der Waals surface area contributed by atoms with Crippen LogP contribution in [-0.4, -0.2) is 316 Å². The highest BCUT2D eigenvalue weighted by Crippen LogP contribution is 2.36. The van der Waals surface area contributed by atoms with Crippen molar-refractivity contribution in [1.82, 2.24) is 10.6 Å². The van der Waals surface area contributed by atoms with E-state index in [0.717, 1.165) is 13.8 Å². The van der Waals surface area contributed by atoms with Crippen LogP contribution in [0.15, 0.2) is 0 Å². The van der Waals surface area contributed by atoms with Gasteiger partial charge >= 0.3 is 0 Å². The van der Waals surface area contributed by atoms with Crippen molar-refractivity contribution in [2.45, 2.75) is 198 Å². The second-order valence-electron chi connectivity index (χ2n) is 18.1. The molecule has 0 saturated carbocycles. The van der Waals surface area contributed by atoms with E-state index < -0.39 is 236 Å². The second-order valence-corrected chi connectivity index (χ2v) is 18.1. The average molecular weight is 1060 g/mol. The molecule has 0 radical (unpaired) electrons. The largest absolute Gasteiger partial charge is 0.394 e. The molecule has 6 heterocycles. The maximum atomic E-state index is 12.5. The van der Waals surface area contributed by atoms with Gasteiger partial charge < -0.3 is 150 Å². The molecular formula is C40H68N2O30. The molecule has 0 aromatic rings. The molecule has 6 aliphatic heterocycles. The minimum atomic E-state index is -2.15. The molecule has 29 atom stereocenters. The summed E-state index contributed by atoms with van der Waals surface area (Å²) in [5.41, 5.74) is 0. The summed E-state index contributed by atoms with van der Waals surface area (Å²) in [5.74, 6) is -1.49. The summed E-state index contributed by atoms with van der Waals surface area (Å²) in [6.45, 7) is -3.20. The summed E-state index contributed by atoms with van der Waals surface area (Å²) in [4.78, 5) is 24.3. The van der Waals surface area contributed by atoms with Crippen molar-refractivity contribution < 1.29 is 149 Å². The van der Waals surface area contributed by atoms with Crippen molar-refractivity contribution >= 4 is 11.8 Å². The molecule has 6 rings (SSSR count). The summed E-state index contributed by atoms with van der Waals surface area (Å²) in [7, 11) is 0. The molecule has 32 heteroatoms. The number of hydrogen-bond acceptors (Lipinski definition) is 30. The van der Waals surface area contributed by atoms with Gasteiger partial charge in [0.05, 0.1) is 45.7 Å². The first-order valence-electron chi connectivity index (χ1n) is 23.0. The monoisotopic (exact) mass is 1060 g/mol. The van der Waals surface area contributed by atoms with Crippen molar-refractivity contribution in [3.05, 3.63) is 0 Å². The molecule has 6 saturated heterocycles. The number of aliphatic hydroxyl groups is 17. The Hall–Kier alpha value is -2.18. The normalized spacial score (nSPS) is 49.2. The van der Waals surface area contributed by atoms with Crippen LogP contribution in [0, 0.1) is 0 Å². The molecule has 0 bridgehead atoms. The minimum Gasteiger partial charge on any atom is -0.394 e. The summed E-state index contributed by atoms with van der Waals surface area (Å²) >= 11 is 0. The smallest absolute Gasteiger partial charge is 0.217 e. The van der Waals surface area contributed by atoms with Gasteiger partial charge in [-0.25, -0.2) is 0 Å². The number of rotatable bonds is 18. The molecule has 6 aliphatic rings. The third kappa shape index (κ3) is 13.0. The number of amides is 2. The van der Waals surface area contributed by atoms with E-state index in [0.29, 0.717) is 0 Å². The summed E-state index contributed by atoms with van der Waals surface area (Å²) < 4.78 is 63.0. The number of carbonyl (C=O) groups is 2. The molecule has 6 fully saturated rings. The average Bonchev–Trinajstić information content (AvgIpc) is 3.34. The molecule has 19 N–H and O–H groups in total. The molecule has 72 heavy (non-hydrogen) atoms. The van der Waals surface area contributed by atoms with E-state index >= 15 is 0 Å². The van der Waals surface area contributed by atoms with Gasteiger partial charge in [-0.05, 0) is 0 Å². The first kappa shape index (κ1) is 59.1. The summed E-state index contributed by atoms with van der Waals surface area (Å²) in [6, 6.07) is -3.19. The van der Waals surface area contributed by atoms with Gasteiger partial charge in [0.2, 0.25) is 11.8 Å². The SMILES string of the molecule is CC(=O)N[C@@H]1[C@@H](O)[C@H](O[C@@H]2O[C@H](CO)[C@@H](O[C@@H]3O[C@H](CO)[C@@H](O)[C@H](O[C@H]4C[C@@H](O[C@H]5O[C@H](CO)[C@@H](O)[C@H](O)[C@@H]5O)[C@H](O)[C@@H](CO[C@@H]5O[C@H](CO)[C@@H](O)[C@H](O)[C@@H]5O)O4)[C@@H]3O)[C@H](O)[C@H]2NC(C)=O)[C@@H](CO)O[C@H]1O. The van der Waals surface area contributed by atoms with Crippen LogP contribution in [0.25, 0.3) is 0 Å². The van der Waals surface area contributed by atoms with Crippen LogP contribution in [0.2, 0.25) is 0 Å². The van der Waals surface area contributed by atoms with E-state index in [1.807, 2.05) is 0 Å². The van der Waals surface area contributed by atoms with Gasteiger partial charge in [0.15, 0.2) is 37.7 Å². The Morgan fingerprint density at radius 3 is 1.40 bits per heavy atom. The van der Waals surface area contributed by atoms with Crippen LogP contribution >= 0.6 is 0 Å². The number of ether oxygens (including phenoxy) is 11. The number of aliphatic hydroxyl groups excluding tert-OH is 17. The van der Waals surface area contributed by atoms with E-state index in [2.05, 4.69) is 10.6 Å². The standard InChI is InChI=1S/C40H68N2O30/c1-10(48)41-20-26(54)33(16(7-46)64-36(20)61)71-37-21(42-11(2)49)27(55)34(17(8-47)69-37)72-40-32(60)35(25(53)15(6-45)68-40)70-19-3-12(65-39-31(59)29(57)24(52)14(5-44)67-39)22(50)18(63-19)9-62-38-30(58)28(56)23(51)13(4-43)66-38/h12-40,43-47,50-61H,3-9H2,1-2H3,(H,41,48)(H,42,49)/t12-,13-,14-,15-,16-,17-,18-,19+,20-,21-,22+,23-,24-,25-,26-,27-,28+,29+,30+,31+,32+,33-,34-,35+,36-,37+,38-,39+,40+/m1/s1. The molecular weight excluding hydrogens is 988 g/mol. The van der Waals surface area contributed by atoms with Crippen molar-refractivity contribution in [2.75, 3.05) is 39.6 Å². The van der Waals surface area contributed by atoms with Crippen molar-refractivity contribution in [1.29, 1.82) is 0 Å². The Balaban J connectivity index is 1.22. The Labute approximate surface area is 408 Å². The third-order valence-electron chi connectivity index (χ3n) is 13.1. The quantitative estimate of drug-likeness (QED) is 0.0606. The highest BCUT2D eigenvalue weighted by atomic mass is 16.8. The Kier molecular flexibility index (Phi) is 21.1. The van der Waals surface area contributed by atoms with Crippen LogP contribution < -0.4 is 10.6 Å². The van der Waals surface area contributed by atoms with Crippen LogP contribution in [0.5, 0.6) is 0 Å². The lowest BCUT2D eigenvalue weighted by atomic mass is 9.94. The van der Waals surface area contributed by atoms with Gasteiger partial charge in [-0.15, -0.1) is 0 Å². The van der Waals surface area contributed by atoms with E-state index in [4.69, 9.17) is 52.1 Å².